The summed E-state index contributed by atoms with van der Waals surface area (Å²) in [6.45, 7) is 4.34. The molecule has 1 unspecified atom stereocenters. The molecule has 3 heteroatoms. The van der Waals surface area contributed by atoms with Crippen LogP contribution < -0.4 is 5.32 Å². The van der Waals surface area contributed by atoms with Crippen LogP contribution in [-0.4, -0.2) is 7.05 Å². The van der Waals surface area contributed by atoms with Gasteiger partial charge in [0.25, 0.3) is 0 Å². The summed E-state index contributed by atoms with van der Waals surface area (Å²) in [7, 11) is 1.98. The van der Waals surface area contributed by atoms with E-state index in [0.717, 1.165) is 5.75 Å². The summed E-state index contributed by atoms with van der Waals surface area (Å²) in [4.78, 5) is 1.30. The van der Waals surface area contributed by atoms with Crippen LogP contribution in [0.3, 0.4) is 0 Å². The molecule has 1 nitrogen and oxygen atoms in total. The van der Waals surface area contributed by atoms with Gasteiger partial charge in [0.1, 0.15) is 0 Å². The lowest BCUT2D eigenvalue weighted by Gasteiger charge is -2.14. The number of nitrogens with one attached hydrogen (secondary N) is 1. The van der Waals surface area contributed by atoms with Gasteiger partial charge in [-0.3, -0.25) is 0 Å². The summed E-state index contributed by atoms with van der Waals surface area (Å²) in [6, 6.07) is 15.6. The van der Waals surface area contributed by atoms with Gasteiger partial charge >= 0.3 is 0 Å². The molecule has 0 saturated heterocycles. The quantitative estimate of drug-likeness (QED) is 0.732. The van der Waals surface area contributed by atoms with Crippen molar-refractivity contribution in [2.45, 2.75) is 30.5 Å². The maximum atomic E-state index is 3.68. The van der Waals surface area contributed by atoms with E-state index in [1.165, 1.54) is 26.1 Å². The van der Waals surface area contributed by atoms with Crippen LogP contribution >= 0.6 is 27.7 Å². The summed E-state index contributed by atoms with van der Waals surface area (Å²) in [5.41, 5.74) is 4.06. The summed E-state index contributed by atoms with van der Waals surface area (Å²) < 4.78 is 1.18. The second kappa shape index (κ2) is 7.30. The lowest BCUT2D eigenvalue weighted by Crippen LogP contribution is -2.12. The molecule has 20 heavy (non-hydrogen) atoms. The van der Waals surface area contributed by atoms with Crippen molar-refractivity contribution >= 4 is 27.7 Å². The molecule has 1 atom stereocenters. The van der Waals surface area contributed by atoms with Crippen molar-refractivity contribution in [2.24, 2.45) is 0 Å². The summed E-state index contributed by atoms with van der Waals surface area (Å²) in [6.07, 6.45) is 0. The Bertz CT molecular complexity index is 583. The molecule has 1 N–H and O–H groups in total. The molecule has 0 saturated carbocycles. The number of halogens is 1. The van der Waals surface area contributed by atoms with Crippen molar-refractivity contribution in [3.05, 3.63) is 63.6 Å². The van der Waals surface area contributed by atoms with E-state index in [-0.39, 0.29) is 0 Å². The van der Waals surface area contributed by atoms with Gasteiger partial charge in [0, 0.05) is 21.2 Å². The summed E-state index contributed by atoms with van der Waals surface area (Å²) >= 11 is 5.56. The predicted octanol–water partition coefficient (Wildman–Crippen LogP) is 5.33. The molecular formula is C17H20BrNS. The van der Waals surface area contributed by atoms with Crippen LogP contribution in [0.2, 0.25) is 0 Å². The monoisotopic (exact) mass is 349 g/mol. The normalized spacial score (nSPS) is 12.4. The number of rotatable bonds is 5. The Kier molecular flexibility index (Phi) is 5.70. The van der Waals surface area contributed by atoms with Crippen molar-refractivity contribution in [1.29, 1.82) is 0 Å². The molecule has 0 bridgehead atoms. The highest BCUT2D eigenvalue weighted by Crippen LogP contribution is 2.30. The minimum Gasteiger partial charge on any atom is -0.313 e. The zero-order valence-electron chi connectivity index (χ0n) is 12.1. The van der Waals surface area contributed by atoms with Crippen molar-refractivity contribution in [3.8, 4) is 0 Å². The average Bonchev–Trinajstić information content (AvgIpc) is 2.46. The summed E-state index contributed by atoms with van der Waals surface area (Å²) in [5, 5.41) is 3.27. The van der Waals surface area contributed by atoms with E-state index in [4.69, 9.17) is 0 Å². The second-order valence-electron chi connectivity index (χ2n) is 4.91. The first-order valence-corrected chi connectivity index (χ1v) is 8.53. The van der Waals surface area contributed by atoms with Crippen molar-refractivity contribution in [3.63, 3.8) is 0 Å². The van der Waals surface area contributed by atoms with Crippen LogP contribution in [0.15, 0.2) is 51.8 Å². The first-order valence-electron chi connectivity index (χ1n) is 6.76. The van der Waals surface area contributed by atoms with E-state index in [0.29, 0.717) is 6.04 Å². The first-order chi connectivity index (χ1) is 9.61. The Balaban J connectivity index is 2.08. The van der Waals surface area contributed by atoms with Gasteiger partial charge in [-0.1, -0.05) is 46.3 Å². The Hall–Kier alpha value is -0.770. The highest BCUT2D eigenvalue weighted by molar-refractivity contribution is 9.10. The molecule has 0 radical (unpaired) electrons. The van der Waals surface area contributed by atoms with Gasteiger partial charge in [-0.15, -0.1) is 11.8 Å². The maximum Gasteiger partial charge on any atom is 0.0300 e. The van der Waals surface area contributed by atoms with Crippen molar-refractivity contribution < 1.29 is 0 Å². The number of hydrogen-bond acceptors (Lipinski definition) is 2. The zero-order chi connectivity index (χ0) is 14.5. The molecule has 0 aromatic heterocycles. The zero-order valence-corrected chi connectivity index (χ0v) is 14.5. The van der Waals surface area contributed by atoms with Crippen LogP contribution in [0.5, 0.6) is 0 Å². The third kappa shape index (κ3) is 3.87. The SMILES string of the molecule is CNC(C)c1ccc(SCc2ccccc2C)cc1Br. The lowest BCUT2D eigenvalue weighted by molar-refractivity contribution is 0.649. The van der Waals surface area contributed by atoms with E-state index in [1.54, 1.807) is 0 Å². The van der Waals surface area contributed by atoms with E-state index in [9.17, 15) is 0 Å². The fourth-order valence-corrected chi connectivity index (χ4v) is 3.92. The lowest BCUT2D eigenvalue weighted by atomic mass is 10.1. The molecule has 2 rings (SSSR count). The third-order valence-corrected chi connectivity index (χ3v) is 5.26. The molecule has 0 aliphatic rings. The molecule has 0 spiro atoms. The number of thioether (sulfide) groups is 1. The van der Waals surface area contributed by atoms with Gasteiger partial charge in [0.05, 0.1) is 0 Å². The second-order valence-corrected chi connectivity index (χ2v) is 6.81. The fourth-order valence-electron chi connectivity index (χ4n) is 2.04. The Morgan fingerprint density at radius 1 is 1.20 bits per heavy atom. The maximum absolute atomic E-state index is 3.68. The molecular weight excluding hydrogens is 330 g/mol. The molecule has 0 aliphatic carbocycles. The Labute approximate surface area is 134 Å². The standard InChI is InChI=1S/C17H20BrNS/c1-12-6-4-5-7-14(12)11-20-15-8-9-16(13(2)19-3)17(18)10-15/h4-10,13,19H,11H2,1-3H3. The van der Waals surface area contributed by atoms with Crippen molar-refractivity contribution in [1.82, 2.24) is 5.32 Å². The fraction of sp³-hybridized carbons (Fsp3) is 0.294. The Morgan fingerprint density at radius 3 is 2.60 bits per heavy atom. The smallest absolute Gasteiger partial charge is 0.0300 e. The highest BCUT2D eigenvalue weighted by atomic mass is 79.9. The first kappa shape index (κ1) is 15.6. The number of hydrogen-bond donors (Lipinski definition) is 1. The Morgan fingerprint density at radius 2 is 1.95 bits per heavy atom. The molecule has 0 aliphatic heterocycles. The van der Waals surface area contributed by atoms with E-state index < -0.39 is 0 Å². The third-order valence-electron chi connectivity index (χ3n) is 3.53. The topological polar surface area (TPSA) is 12.0 Å². The number of benzene rings is 2. The van der Waals surface area contributed by atoms with Gasteiger partial charge in [-0.2, -0.15) is 0 Å². The largest absolute Gasteiger partial charge is 0.313 e. The van der Waals surface area contributed by atoms with Crippen LogP contribution in [-0.2, 0) is 5.75 Å². The van der Waals surface area contributed by atoms with Gasteiger partial charge in [0.2, 0.25) is 0 Å². The van der Waals surface area contributed by atoms with Crippen LogP contribution in [0, 0.1) is 6.92 Å². The molecule has 0 amide bonds. The van der Waals surface area contributed by atoms with Crippen molar-refractivity contribution in [2.75, 3.05) is 7.05 Å². The van der Waals surface area contributed by atoms with E-state index in [1.807, 2.05) is 18.8 Å². The van der Waals surface area contributed by atoms with E-state index >= 15 is 0 Å². The van der Waals surface area contributed by atoms with E-state index in [2.05, 4.69) is 77.6 Å². The minimum absolute atomic E-state index is 0.361. The van der Waals surface area contributed by atoms with Crippen LogP contribution in [0.25, 0.3) is 0 Å². The summed E-state index contributed by atoms with van der Waals surface area (Å²) in [5.74, 6) is 1.01. The van der Waals surface area contributed by atoms with Gasteiger partial charge in [-0.05, 0) is 49.7 Å². The highest BCUT2D eigenvalue weighted by Gasteiger charge is 2.08. The molecule has 2 aromatic rings. The average molecular weight is 350 g/mol. The molecule has 106 valence electrons. The molecule has 0 heterocycles. The van der Waals surface area contributed by atoms with Crippen LogP contribution in [0.1, 0.15) is 29.7 Å². The van der Waals surface area contributed by atoms with Gasteiger partial charge in [0.15, 0.2) is 0 Å². The van der Waals surface area contributed by atoms with Gasteiger partial charge in [-0.25, -0.2) is 0 Å². The van der Waals surface area contributed by atoms with Crippen LogP contribution in [0.4, 0.5) is 0 Å². The molecule has 0 fully saturated rings. The number of aryl methyl sites for hydroxylation is 1. The predicted molar refractivity (Wildman–Crippen MR) is 92.4 cm³/mol. The van der Waals surface area contributed by atoms with Gasteiger partial charge < -0.3 is 5.32 Å². The minimum atomic E-state index is 0.361. The molecule has 2 aromatic carbocycles.